The number of alkyl carbamates (subject to hydrolysis) is 1. The molecule has 1 aromatic rings. The third-order valence-electron chi connectivity index (χ3n) is 13.2. The highest BCUT2D eigenvalue weighted by molar-refractivity contribution is 6.35. The highest BCUT2D eigenvalue weighted by Crippen LogP contribution is 2.49. The summed E-state index contributed by atoms with van der Waals surface area (Å²) in [6, 6.07) is 2.27. The number of amides is 9. The van der Waals surface area contributed by atoms with Gasteiger partial charge in [-0.05, 0) is 51.3 Å². The molecule has 0 aromatic heterocycles. The van der Waals surface area contributed by atoms with Crippen LogP contribution < -0.4 is 36.2 Å². The summed E-state index contributed by atoms with van der Waals surface area (Å²) in [5, 5.41) is 23.9. The van der Waals surface area contributed by atoms with Gasteiger partial charge in [0.1, 0.15) is 40.7 Å². The Bertz CT molecular complexity index is 2450. The number of halogens is 1. The van der Waals surface area contributed by atoms with Crippen molar-refractivity contribution in [3.8, 4) is 5.75 Å². The molecule has 25 heteroatoms. The van der Waals surface area contributed by atoms with Crippen LogP contribution in [0, 0.1) is 5.92 Å². The van der Waals surface area contributed by atoms with Crippen LogP contribution in [0.25, 0.3) is 0 Å². The summed E-state index contributed by atoms with van der Waals surface area (Å²) in [4.78, 5) is 130. The zero-order valence-electron chi connectivity index (χ0n) is 42.6. The first-order valence-electron chi connectivity index (χ1n) is 23.9. The van der Waals surface area contributed by atoms with E-state index >= 15 is 0 Å². The van der Waals surface area contributed by atoms with Crippen LogP contribution in [0.1, 0.15) is 65.4 Å². The van der Waals surface area contributed by atoms with Crippen LogP contribution in [0.5, 0.6) is 5.75 Å². The summed E-state index contributed by atoms with van der Waals surface area (Å²) in [5.74, 6) is -5.83. The molecule has 9 amide bonds. The molecule has 74 heavy (non-hydrogen) atoms. The van der Waals surface area contributed by atoms with Gasteiger partial charge < -0.3 is 59.9 Å². The minimum absolute atomic E-state index is 0.0413. The van der Waals surface area contributed by atoms with Crippen molar-refractivity contribution < 1.29 is 76.7 Å². The normalized spacial score (nSPS) is 26.2. The van der Waals surface area contributed by atoms with Crippen molar-refractivity contribution in [1.29, 1.82) is 0 Å². The standard InChI is InChI=1S/C49H65ClN8O16/c1-27-11-9-12-34(71-8)49(69)23-33(72-47(68)55-49)28(2)45-48(4,74-45)35(22-43(66)57(6)31-20-30(19-27)21-32(70-7)44(31)50)73-46(67)29(3)56(5)40(63)16-17-51-37(60)24-53-39(62)26-54-38(61)25-52-36(59)13-10-18-58-41(64)14-15-42(58)65/h9,11-12,14-15,20-21,28-29,33-35,45,69H,10,13,16-19,22-26H2,1-8H3,(H,51,60)(H,52,59)(H,53,62)(H,54,61)(H,55,68)/b12-9+,27-11+. The Morgan fingerprint density at radius 1 is 0.959 bits per heavy atom. The SMILES string of the molecule is COc1cc2cc(c1Cl)N(C)C(=O)CC(OC(=O)C(C)N(C)C(=O)CCNC(=O)CNC(=O)CNC(=O)CNC(=O)CCCN1C(=O)C=CC1=O)C1(C)OC1C(C)C1CC(O)(NC(=O)O1)C(OC)/C=C/C=C(\C)C2. The van der Waals surface area contributed by atoms with Crippen molar-refractivity contribution in [2.45, 2.75) is 108 Å². The topological polar surface area (TPSA) is 310 Å². The molecule has 1 aromatic carbocycles. The molecule has 0 saturated carbocycles. The number of imide groups is 1. The molecule has 2 saturated heterocycles. The van der Waals surface area contributed by atoms with E-state index < -0.39 is 133 Å². The number of methoxy groups -OCH3 is 2. The molecule has 4 aliphatic heterocycles. The maximum absolute atomic E-state index is 14.3. The number of aliphatic hydroxyl groups is 1. The number of hydrogen-bond acceptors (Lipinski definition) is 16. The third-order valence-corrected chi connectivity index (χ3v) is 13.6. The number of benzene rings is 1. The molecular weight excluding hydrogens is 992 g/mol. The Labute approximate surface area is 432 Å². The number of anilines is 1. The number of hydrogen-bond donors (Lipinski definition) is 6. The van der Waals surface area contributed by atoms with Crippen LogP contribution in [0.3, 0.4) is 0 Å². The van der Waals surface area contributed by atoms with Gasteiger partial charge in [-0.25, -0.2) is 9.59 Å². The van der Waals surface area contributed by atoms with Gasteiger partial charge in [0.25, 0.3) is 11.8 Å². The molecular formula is C49H65ClN8O16. The van der Waals surface area contributed by atoms with Gasteiger partial charge in [-0.1, -0.05) is 42.3 Å². The fourth-order valence-electron chi connectivity index (χ4n) is 8.57. The number of epoxide rings is 1. The van der Waals surface area contributed by atoms with E-state index in [1.165, 1.54) is 40.1 Å². The lowest BCUT2D eigenvalue weighted by molar-refractivity contribution is -0.162. The van der Waals surface area contributed by atoms with E-state index in [1.807, 2.05) is 13.0 Å². The first kappa shape index (κ1) is 58.0. The maximum Gasteiger partial charge on any atom is 0.409 e. The quantitative estimate of drug-likeness (QED) is 0.0644. The fraction of sp³-hybridized carbons (Fsp3) is 0.551. The number of fused-ring (bicyclic) bond motifs is 5. The van der Waals surface area contributed by atoms with Gasteiger partial charge in [0.2, 0.25) is 35.4 Å². The molecule has 8 unspecified atom stereocenters. The Balaban J connectivity index is 1.16. The number of ether oxygens (including phenoxy) is 5. The number of nitrogens with one attached hydrogen (secondary N) is 5. The second-order valence-electron chi connectivity index (χ2n) is 18.6. The highest BCUT2D eigenvalue weighted by Gasteiger charge is 2.64. The molecule has 6 N–H and O–H groups in total. The summed E-state index contributed by atoms with van der Waals surface area (Å²) < 4.78 is 29.2. The second kappa shape index (κ2) is 25.4. The van der Waals surface area contributed by atoms with E-state index in [4.69, 9.17) is 35.3 Å². The molecule has 4 bridgehead atoms. The Hall–Kier alpha value is -6.89. The van der Waals surface area contributed by atoms with E-state index in [-0.39, 0.29) is 43.8 Å². The zero-order chi connectivity index (χ0) is 54.7. The smallest absolute Gasteiger partial charge is 0.409 e. The van der Waals surface area contributed by atoms with Gasteiger partial charge >= 0.3 is 12.1 Å². The van der Waals surface area contributed by atoms with Crippen molar-refractivity contribution in [1.82, 2.24) is 36.4 Å². The summed E-state index contributed by atoms with van der Waals surface area (Å²) in [6.45, 7) is 5.08. The number of carbonyl (C=O) groups excluding carboxylic acids is 10. The van der Waals surface area contributed by atoms with E-state index in [0.29, 0.717) is 17.9 Å². The predicted molar refractivity (Wildman–Crippen MR) is 263 cm³/mol. The molecule has 0 radical (unpaired) electrons. The first-order chi connectivity index (χ1) is 34.9. The number of esters is 1. The van der Waals surface area contributed by atoms with Crippen molar-refractivity contribution in [3.05, 3.63) is 58.7 Å². The van der Waals surface area contributed by atoms with Crippen LogP contribution in [-0.4, -0.2) is 177 Å². The number of likely N-dealkylation sites (N-methyl/N-ethyl adjacent to an activating group) is 1. The average molecular weight is 1060 g/mol. The molecule has 4 heterocycles. The van der Waals surface area contributed by atoms with Crippen molar-refractivity contribution in [2.75, 3.05) is 65.9 Å². The number of rotatable bonds is 18. The Kier molecular flexibility index (Phi) is 19.9. The van der Waals surface area contributed by atoms with Gasteiger partial charge in [0.05, 0.1) is 45.0 Å². The van der Waals surface area contributed by atoms with Gasteiger partial charge in [0, 0.05) is 71.6 Å². The lowest BCUT2D eigenvalue weighted by Crippen LogP contribution is -2.63. The van der Waals surface area contributed by atoms with Gasteiger partial charge in [-0.15, -0.1) is 0 Å². The largest absolute Gasteiger partial charge is 0.495 e. The molecule has 404 valence electrons. The third kappa shape index (κ3) is 14.9. The van der Waals surface area contributed by atoms with Crippen LogP contribution in [0.15, 0.2) is 48.1 Å². The van der Waals surface area contributed by atoms with E-state index in [0.717, 1.165) is 33.1 Å². The summed E-state index contributed by atoms with van der Waals surface area (Å²) in [5.41, 5.74) is -1.32. The van der Waals surface area contributed by atoms with Crippen LogP contribution in [-0.2, 0) is 68.5 Å². The van der Waals surface area contributed by atoms with Crippen molar-refractivity contribution in [3.63, 3.8) is 0 Å². The van der Waals surface area contributed by atoms with Crippen molar-refractivity contribution in [2.24, 2.45) is 5.92 Å². The highest BCUT2D eigenvalue weighted by atomic mass is 35.5. The molecule has 8 atom stereocenters. The van der Waals surface area contributed by atoms with Gasteiger partial charge in [0.15, 0.2) is 5.72 Å². The van der Waals surface area contributed by atoms with Crippen LogP contribution in [0.4, 0.5) is 10.5 Å². The second-order valence-corrected chi connectivity index (χ2v) is 19.0. The number of nitrogens with zero attached hydrogens (tertiary/aromatic N) is 3. The fourth-order valence-corrected chi connectivity index (χ4v) is 8.88. The van der Waals surface area contributed by atoms with E-state index in [1.54, 1.807) is 38.1 Å². The van der Waals surface area contributed by atoms with Gasteiger partial charge in [-0.3, -0.25) is 48.6 Å². The monoisotopic (exact) mass is 1060 g/mol. The molecule has 4 aliphatic rings. The average Bonchev–Trinajstić information content (AvgIpc) is 3.96. The molecule has 0 spiro atoms. The minimum Gasteiger partial charge on any atom is -0.495 e. The zero-order valence-corrected chi connectivity index (χ0v) is 43.3. The maximum atomic E-state index is 14.3. The lowest BCUT2D eigenvalue weighted by Gasteiger charge is -2.42. The summed E-state index contributed by atoms with van der Waals surface area (Å²) in [6.07, 6.45) is 2.21. The molecule has 2 fully saturated rings. The Morgan fingerprint density at radius 3 is 2.20 bits per heavy atom. The van der Waals surface area contributed by atoms with Crippen molar-refractivity contribution >= 4 is 76.6 Å². The lowest BCUT2D eigenvalue weighted by atomic mass is 9.83. The molecule has 5 rings (SSSR count). The minimum atomic E-state index is -1.90. The molecule has 0 aliphatic carbocycles. The summed E-state index contributed by atoms with van der Waals surface area (Å²) >= 11 is 6.78. The number of allylic oxidation sites excluding steroid dienone is 3. The summed E-state index contributed by atoms with van der Waals surface area (Å²) in [7, 11) is 5.71. The Morgan fingerprint density at radius 2 is 1.58 bits per heavy atom. The van der Waals surface area contributed by atoms with E-state index in [2.05, 4.69) is 26.6 Å². The number of carbonyl (C=O) groups is 10. The van der Waals surface area contributed by atoms with E-state index in [9.17, 15) is 53.1 Å². The predicted octanol–water partition coefficient (Wildman–Crippen LogP) is 0.0746. The van der Waals surface area contributed by atoms with Crippen LogP contribution in [0.2, 0.25) is 5.02 Å². The van der Waals surface area contributed by atoms with Gasteiger partial charge in [-0.2, -0.15) is 0 Å². The molecule has 24 nitrogen and oxygen atoms in total. The van der Waals surface area contributed by atoms with Crippen LogP contribution >= 0.6 is 11.6 Å². The first-order valence-corrected chi connectivity index (χ1v) is 24.2.